The van der Waals surface area contributed by atoms with Gasteiger partial charge in [0.15, 0.2) is 5.82 Å². The lowest BCUT2D eigenvalue weighted by atomic mass is 9.94. The minimum atomic E-state index is -0.441. The maximum absolute atomic E-state index is 12.9. The second kappa shape index (κ2) is 7.25. The minimum absolute atomic E-state index is 0.0486. The van der Waals surface area contributed by atoms with Crippen molar-refractivity contribution in [3.8, 4) is 0 Å². The van der Waals surface area contributed by atoms with Gasteiger partial charge in [-0.1, -0.05) is 51.1 Å². The quantitative estimate of drug-likeness (QED) is 0.801. The number of amides is 2. The Morgan fingerprint density at radius 3 is 2.59 bits per heavy atom. The number of hydrogen-bond donors (Lipinski definition) is 0. The van der Waals surface area contributed by atoms with E-state index in [-0.39, 0.29) is 17.9 Å². The first-order valence-corrected chi connectivity index (χ1v) is 10.3. The lowest BCUT2D eigenvalue weighted by Crippen LogP contribution is -2.39. The summed E-state index contributed by atoms with van der Waals surface area (Å²) in [4.78, 5) is 38.9. The Labute approximate surface area is 172 Å². The molecule has 1 saturated heterocycles. The molecule has 1 atom stereocenters. The van der Waals surface area contributed by atoms with E-state index in [9.17, 15) is 9.59 Å². The van der Waals surface area contributed by atoms with Gasteiger partial charge < -0.3 is 4.90 Å². The highest BCUT2D eigenvalue weighted by Gasteiger charge is 2.39. The van der Waals surface area contributed by atoms with E-state index in [0.717, 1.165) is 36.2 Å². The molecule has 0 N–H and O–H groups in total. The molecule has 0 aliphatic carbocycles. The molecule has 2 aliphatic heterocycles. The Bertz CT molecular complexity index is 949. The van der Waals surface area contributed by atoms with Crippen LogP contribution >= 0.6 is 0 Å². The molecule has 0 unspecified atom stereocenters. The summed E-state index contributed by atoms with van der Waals surface area (Å²) in [6, 6.07) is 9.82. The summed E-state index contributed by atoms with van der Waals surface area (Å²) in [5, 5.41) is 0. The second-order valence-electron chi connectivity index (χ2n) is 9.02. The molecule has 2 aliphatic rings. The molecule has 6 heteroatoms. The van der Waals surface area contributed by atoms with Crippen molar-refractivity contribution in [1.29, 1.82) is 0 Å². The zero-order chi connectivity index (χ0) is 20.8. The van der Waals surface area contributed by atoms with Crippen molar-refractivity contribution in [1.82, 2.24) is 14.9 Å². The molecule has 152 valence electrons. The predicted octanol–water partition coefficient (Wildman–Crippen LogP) is 3.58. The largest absolute Gasteiger partial charge is 0.332 e. The highest BCUT2D eigenvalue weighted by atomic mass is 16.2. The first kappa shape index (κ1) is 19.6. The van der Waals surface area contributed by atoms with Crippen LogP contribution in [0.3, 0.4) is 0 Å². The van der Waals surface area contributed by atoms with Crippen LogP contribution in [0.4, 0.5) is 5.82 Å². The molecule has 0 spiro atoms. The second-order valence-corrected chi connectivity index (χ2v) is 9.02. The number of carbonyl (C=O) groups excluding carboxylic acids is 2. The molecule has 0 radical (unpaired) electrons. The number of aromatic nitrogens is 2. The third-order valence-corrected chi connectivity index (χ3v) is 5.73. The lowest BCUT2D eigenvalue weighted by Gasteiger charge is -2.30. The highest BCUT2D eigenvalue weighted by Crippen LogP contribution is 2.37. The fourth-order valence-corrected chi connectivity index (χ4v) is 4.18. The highest BCUT2D eigenvalue weighted by molar-refractivity contribution is 6.00. The third kappa shape index (κ3) is 3.63. The van der Waals surface area contributed by atoms with Crippen LogP contribution in [-0.4, -0.2) is 33.2 Å². The van der Waals surface area contributed by atoms with Crippen molar-refractivity contribution in [2.24, 2.45) is 5.41 Å². The van der Waals surface area contributed by atoms with Gasteiger partial charge in [0.05, 0.1) is 19.0 Å². The predicted molar refractivity (Wildman–Crippen MR) is 111 cm³/mol. The summed E-state index contributed by atoms with van der Waals surface area (Å²) in [6.07, 6.45) is 2.13. The number of likely N-dealkylation sites (tertiary alicyclic amines) is 1. The number of rotatable bonds is 3. The number of nitrogens with zero attached hydrogens (tertiary/aromatic N) is 4. The Kier molecular flexibility index (Phi) is 4.89. The van der Waals surface area contributed by atoms with Gasteiger partial charge in [-0.2, -0.15) is 0 Å². The average molecular weight is 393 g/mol. The molecule has 3 heterocycles. The molecule has 29 heavy (non-hydrogen) atoms. The summed E-state index contributed by atoms with van der Waals surface area (Å²) in [7, 11) is 0. The van der Waals surface area contributed by atoms with E-state index in [1.54, 1.807) is 4.90 Å². The number of carbonyl (C=O) groups is 2. The average Bonchev–Trinajstić information content (AvgIpc) is 3.27. The van der Waals surface area contributed by atoms with Gasteiger partial charge in [-0.25, -0.2) is 9.97 Å². The standard InChI is InChI=1S/C23H28N4O2/c1-15-17-13-19(28)27(14-16-9-6-5-7-10-16)21(17)25-20(24-15)18-11-8-12-26(18)22(29)23(2,3)4/h5-7,9-10,18H,8,11-14H2,1-4H3/t18-/m1/s1. The van der Waals surface area contributed by atoms with Crippen LogP contribution in [0.15, 0.2) is 30.3 Å². The monoisotopic (exact) mass is 392 g/mol. The Morgan fingerprint density at radius 1 is 1.17 bits per heavy atom. The van der Waals surface area contributed by atoms with Crippen molar-refractivity contribution in [3.63, 3.8) is 0 Å². The van der Waals surface area contributed by atoms with E-state index >= 15 is 0 Å². The fourth-order valence-electron chi connectivity index (χ4n) is 4.18. The van der Waals surface area contributed by atoms with Crippen molar-refractivity contribution in [2.75, 3.05) is 11.4 Å². The van der Waals surface area contributed by atoms with Crippen LogP contribution in [0, 0.1) is 12.3 Å². The van der Waals surface area contributed by atoms with Crippen LogP contribution in [0.5, 0.6) is 0 Å². The fraction of sp³-hybridized carbons (Fsp3) is 0.478. The Hall–Kier alpha value is -2.76. The molecular formula is C23H28N4O2. The van der Waals surface area contributed by atoms with E-state index in [1.807, 2.05) is 62.9 Å². The van der Waals surface area contributed by atoms with Gasteiger partial charge in [0, 0.05) is 23.2 Å². The van der Waals surface area contributed by atoms with Crippen molar-refractivity contribution < 1.29 is 9.59 Å². The maximum Gasteiger partial charge on any atom is 0.233 e. The van der Waals surface area contributed by atoms with Crippen molar-refractivity contribution in [2.45, 2.75) is 59.5 Å². The van der Waals surface area contributed by atoms with Crippen LogP contribution in [0.25, 0.3) is 0 Å². The van der Waals surface area contributed by atoms with Crippen molar-refractivity contribution >= 4 is 17.6 Å². The van der Waals surface area contributed by atoms with Gasteiger partial charge in [-0.15, -0.1) is 0 Å². The Morgan fingerprint density at radius 2 is 1.90 bits per heavy atom. The van der Waals surface area contributed by atoms with Crippen LogP contribution < -0.4 is 4.90 Å². The number of anilines is 1. The summed E-state index contributed by atoms with van der Waals surface area (Å²) in [5.41, 5.74) is 2.37. The zero-order valence-corrected chi connectivity index (χ0v) is 17.6. The van der Waals surface area contributed by atoms with Gasteiger partial charge in [-0.05, 0) is 25.3 Å². The molecule has 1 fully saturated rings. The molecule has 1 aromatic heterocycles. The summed E-state index contributed by atoms with van der Waals surface area (Å²) in [5.74, 6) is 1.53. The summed E-state index contributed by atoms with van der Waals surface area (Å²) in [6.45, 7) is 9.00. The molecule has 6 nitrogen and oxygen atoms in total. The molecule has 0 bridgehead atoms. The van der Waals surface area contributed by atoms with Crippen molar-refractivity contribution in [3.05, 3.63) is 53.0 Å². The first-order chi connectivity index (χ1) is 13.8. The number of fused-ring (bicyclic) bond motifs is 1. The zero-order valence-electron chi connectivity index (χ0n) is 17.6. The first-order valence-electron chi connectivity index (χ1n) is 10.3. The molecule has 2 amide bonds. The van der Waals surface area contributed by atoms with E-state index in [1.165, 1.54) is 0 Å². The molecule has 0 saturated carbocycles. The summed E-state index contributed by atoms with van der Waals surface area (Å²) < 4.78 is 0. The van der Waals surface area contributed by atoms with Gasteiger partial charge >= 0.3 is 0 Å². The molecule has 1 aromatic carbocycles. The van der Waals surface area contributed by atoms with E-state index in [0.29, 0.717) is 24.6 Å². The van der Waals surface area contributed by atoms with Gasteiger partial charge in [0.25, 0.3) is 0 Å². The molecule has 2 aromatic rings. The molecular weight excluding hydrogens is 364 g/mol. The SMILES string of the molecule is Cc1nc([C@H]2CCCN2C(=O)C(C)(C)C)nc2c1CC(=O)N2Cc1ccccc1. The normalized spacial score (nSPS) is 19.0. The van der Waals surface area contributed by atoms with Crippen LogP contribution in [0.1, 0.15) is 62.3 Å². The van der Waals surface area contributed by atoms with Gasteiger partial charge in [-0.3, -0.25) is 14.5 Å². The number of benzene rings is 1. The Balaban J connectivity index is 1.69. The van der Waals surface area contributed by atoms with Crippen LogP contribution in [-0.2, 0) is 22.6 Å². The topological polar surface area (TPSA) is 66.4 Å². The van der Waals surface area contributed by atoms with E-state index in [2.05, 4.69) is 0 Å². The third-order valence-electron chi connectivity index (χ3n) is 5.73. The van der Waals surface area contributed by atoms with E-state index < -0.39 is 5.41 Å². The van der Waals surface area contributed by atoms with E-state index in [4.69, 9.17) is 9.97 Å². The number of aryl methyl sites for hydroxylation is 1. The smallest absolute Gasteiger partial charge is 0.233 e. The minimum Gasteiger partial charge on any atom is -0.332 e. The van der Waals surface area contributed by atoms with Crippen LogP contribution in [0.2, 0.25) is 0 Å². The van der Waals surface area contributed by atoms with Gasteiger partial charge in [0.2, 0.25) is 11.8 Å². The maximum atomic E-state index is 12.9. The lowest BCUT2D eigenvalue weighted by molar-refractivity contribution is -0.140. The molecule has 4 rings (SSSR count). The summed E-state index contributed by atoms with van der Waals surface area (Å²) >= 11 is 0. The van der Waals surface area contributed by atoms with Gasteiger partial charge in [0.1, 0.15) is 5.82 Å². The number of hydrogen-bond acceptors (Lipinski definition) is 4.